The summed E-state index contributed by atoms with van der Waals surface area (Å²) in [6, 6.07) is 0. The van der Waals surface area contributed by atoms with E-state index in [-0.39, 0.29) is 5.97 Å². The molecule has 3 saturated carbocycles. The van der Waals surface area contributed by atoms with E-state index in [9.17, 15) is 4.79 Å². The summed E-state index contributed by atoms with van der Waals surface area (Å²) in [6.45, 7) is 2.09. The Balaban J connectivity index is 1.31. The number of ether oxygens (including phenoxy) is 2. The minimum Gasteiger partial charge on any atom is -0.469 e. The zero-order valence-electron chi connectivity index (χ0n) is 16.3. The average Bonchev–Trinajstić information content (AvgIpc) is 2.98. The first-order valence-electron chi connectivity index (χ1n) is 10.6. The molecule has 2 unspecified atom stereocenters. The van der Waals surface area contributed by atoms with Crippen LogP contribution in [0, 0.1) is 23.7 Å². The first-order chi connectivity index (χ1) is 12.5. The lowest BCUT2D eigenvalue weighted by atomic mass is 9.66. The van der Waals surface area contributed by atoms with Gasteiger partial charge < -0.3 is 9.47 Å². The van der Waals surface area contributed by atoms with E-state index in [4.69, 9.17) is 19.2 Å². The highest BCUT2D eigenvalue weighted by Gasteiger charge is 2.56. The molecule has 4 rings (SSSR count). The quantitative estimate of drug-likeness (QED) is 0.531. The van der Waals surface area contributed by atoms with E-state index in [0.29, 0.717) is 18.3 Å². The van der Waals surface area contributed by atoms with Crippen LogP contribution >= 0.6 is 0 Å². The summed E-state index contributed by atoms with van der Waals surface area (Å²) in [5.74, 6) is 1.42. The molecule has 0 aromatic carbocycles. The van der Waals surface area contributed by atoms with Gasteiger partial charge in [0.2, 0.25) is 11.6 Å². The van der Waals surface area contributed by atoms with Gasteiger partial charge in [-0.2, -0.15) is 9.78 Å². The Morgan fingerprint density at radius 3 is 2.38 bits per heavy atom. The van der Waals surface area contributed by atoms with Crippen molar-refractivity contribution in [3.8, 4) is 0 Å². The molecule has 3 aliphatic carbocycles. The van der Waals surface area contributed by atoms with Crippen molar-refractivity contribution in [2.24, 2.45) is 23.7 Å². The second kappa shape index (κ2) is 7.40. The SMILES string of the molecule is COC(=O)CCC1CCC2(CC1)OO[C@@](C)(C1CC3CCCC(C3)C1)O2. The Kier molecular flexibility index (Phi) is 5.32. The minimum atomic E-state index is -0.590. The molecule has 4 fully saturated rings. The standard InChI is InChI=1S/C21H34O5/c1-20(18-13-16-4-3-5-17(12-16)14-18)24-21(26-25-20)10-8-15(9-11-21)6-7-19(22)23-2/h15-18H,3-14H2,1-2H3/t15?,16?,17?,18?,20-,21?/m0/s1. The number of hydrogen-bond acceptors (Lipinski definition) is 5. The molecule has 3 atom stereocenters. The predicted octanol–water partition coefficient (Wildman–Crippen LogP) is 4.74. The topological polar surface area (TPSA) is 54.0 Å². The van der Waals surface area contributed by atoms with Crippen molar-refractivity contribution in [1.29, 1.82) is 0 Å². The molecule has 1 saturated heterocycles. The zero-order valence-corrected chi connectivity index (χ0v) is 16.3. The van der Waals surface area contributed by atoms with Crippen LogP contribution in [0.25, 0.3) is 0 Å². The Bertz CT molecular complexity index is 501. The van der Waals surface area contributed by atoms with Crippen LogP contribution in [0.3, 0.4) is 0 Å². The van der Waals surface area contributed by atoms with Gasteiger partial charge in [0.05, 0.1) is 7.11 Å². The van der Waals surface area contributed by atoms with E-state index in [1.54, 1.807) is 0 Å². The largest absolute Gasteiger partial charge is 0.469 e. The maximum atomic E-state index is 11.4. The normalized spacial score (nSPS) is 45.6. The highest BCUT2D eigenvalue weighted by molar-refractivity contribution is 5.69. The van der Waals surface area contributed by atoms with Crippen molar-refractivity contribution in [3.63, 3.8) is 0 Å². The van der Waals surface area contributed by atoms with Crippen molar-refractivity contribution < 1.29 is 24.0 Å². The van der Waals surface area contributed by atoms with Crippen molar-refractivity contribution in [2.45, 2.75) is 95.5 Å². The molecule has 148 valence electrons. The van der Waals surface area contributed by atoms with E-state index in [2.05, 4.69) is 6.92 Å². The molecule has 1 heterocycles. The van der Waals surface area contributed by atoms with E-state index in [1.165, 1.54) is 45.6 Å². The zero-order chi connectivity index (χ0) is 18.2. The predicted molar refractivity (Wildman–Crippen MR) is 95.8 cm³/mol. The minimum absolute atomic E-state index is 0.114. The number of rotatable bonds is 4. The van der Waals surface area contributed by atoms with E-state index >= 15 is 0 Å². The maximum Gasteiger partial charge on any atom is 0.305 e. The van der Waals surface area contributed by atoms with Gasteiger partial charge in [-0.3, -0.25) is 4.79 Å². The number of carbonyl (C=O) groups excluding carboxylic acids is 1. The van der Waals surface area contributed by atoms with Crippen LogP contribution in [0.4, 0.5) is 0 Å². The van der Waals surface area contributed by atoms with Gasteiger partial charge in [-0.05, 0) is 63.2 Å². The summed E-state index contributed by atoms with van der Waals surface area (Å²) in [6.07, 6.45) is 13.1. The molecule has 26 heavy (non-hydrogen) atoms. The molecule has 0 amide bonds. The number of methoxy groups -OCH3 is 1. The smallest absolute Gasteiger partial charge is 0.305 e. The number of carbonyl (C=O) groups is 1. The van der Waals surface area contributed by atoms with E-state index in [0.717, 1.165) is 43.9 Å². The molecule has 4 aliphatic rings. The monoisotopic (exact) mass is 366 g/mol. The Labute approximate surface area is 157 Å². The van der Waals surface area contributed by atoms with Crippen LogP contribution in [0.2, 0.25) is 0 Å². The third kappa shape index (κ3) is 3.81. The third-order valence-electron chi connectivity index (χ3n) is 7.47. The number of esters is 1. The maximum absolute atomic E-state index is 11.4. The Hall–Kier alpha value is -0.650. The fraction of sp³-hybridized carbons (Fsp3) is 0.952. The summed E-state index contributed by atoms with van der Waals surface area (Å²) < 4.78 is 11.3. The molecule has 5 heteroatoms. The fourth-order valence-corrected chi connectivity index (χ4v) is 5.89. The highest BCUT2D eigenvalue weighted by atomic mass is 17.3. The summed E-state index contributed by atoms with van der Waals surface area (Å²) in [7, 11) is 1.45. The summed E-state index contributed by atoms with van der Waals surface area (Å²) in [5, 5.41) is 0. The average molecular weight is 366 g/mol. The van der Waals surface area contributed by atoms with Gasteiger partial charge in [-0.15, -0.1) is 0 Å². The first-order valence-corrected chi connectivity index (χ1v) is 10.6. The lowest BCUT2D eigenvalue weighted by molar-refractivity contribution is -0.362. The van der Waals surface area contributed by atoms with Gasteiger partial charge in [0.25, 0.3) is 0 Å². The molecule has 0 radical (unpaired) electrons. The van der Waals surface area contributed by atoms with Crippen molar-refractivity contribution >= 4 is 5.97 Å². The van der Waals surface area contributed by atoms with E-state index in [1.807, 2.05) is 0 Å². The van der Waals surface area contributed by atoms with Crippen LogP contribution in [0.15, 0.2) is 0 Å². The first kappa shape index (κ1) is 18.7. The number of fused-ring (bicyclic) bond motifs is 2. The second-order valence-corrected chi connectivity index (χ2v) is 9.32. The summed E-state index contributed by atoms with van der Waals surface area (Å²) in [5.41, 5.74) is 0. The van der Waals surface area contributed by atoms with Crippen LogP contribution < -0.4 is 0 Å². The molecule has 1 aliphatic heterocycles. The second-order valence-electron chi connectivity index (χ2n) is 9.32. The van der Waals surface area contributed by atoms with Crippen LogP contribution in [-0.2, 0) is 24.0 Å². The molecule has 1 spiro atoms. The molecule has 5 nitrogen and oxygen atoms in total. The summed E-state index contributed by atoms with van der Waals surface area (Å²) >= 11 is 0. The van der Waals surface area contributed by atoms with Crippen LogP contribution in [0.1, 0.15) is 84.0 Å². The van der Waals surface area contributed by atoms with Gasteiger partial charge >= 0.3 is 5.97 Å². The van der Waals surface area contributed by atoms with E-state index < -0.39 is 11.6 Å². The number of hydrogen-bond donors (Lipinski definition) is 0. The van der Waals surface area contributed by atoms with Crippen LogP contribution in [-0.4, -0.2) is 24.7 Å². The highest BCUT2D eigenvalue weighted by Crippen LogP contribution is 2.53. The Morgan fingerprint density at radius 1 is 1.04 bits per heavy atom. The molecule has 0 aromatic heterocycles. The lowest BCUT2D eigenvalue weighted by Crippen LogP contribution is -2.45. The van der Waals surface area contributed by atoms with Crippen LogP contribution in [0.5, 0.6) is 0 Å². The molecule has 0 aromatic rings. The molecule has 0 N–H and O–H groups in total. The van der Waals surface area contributed by atoms with Gasteiger partial charge in [0, 0.05) is 25.2 Å². The lowest BCUT2D eigenvalue weighted by Gasteiger charge is -2.44. The molecule has 2 bridgehead atoms. The third-order valence-corrected chi connectivity index (χ3v) is 7.47. The van der Waals surface area contributed by atoms with Gasteiger partial charge in [-0.25, -0.2) is 0 Å². The Morgan fingerprint density at radius 2 is 1.73 bits per heavy atom. The summed E-state index contributed by atoms with van der Waals surface area (Å²) in [4.78, 5) is 23.1. The van der Waals surface area contributed by atoms with Crippen molar-refractivity contribution in [3.05, 3.63) is 0 Å². The van der Waals surface area contributed by atoms with Gasteiger partial charge in [0.1, 0.15) is 0 Å². The van der Waals surface area contributed by atoms with Gasteiger partial charge in [-0.1, -0.05) is 19.3 Å². The van der Waals surface area contributed by atoms with Gasteiger partial charge in [0.15, 0.2) is 0 Å². The van der Waals surface area contributed by atoms with Crippen molar-refractivity contribution in [1.82, 2.24) is 0 Å². The van der Waals surface area contributed by atoms with Crippen molar-refractivity contribution in [2.75, 3.05) is 7.11 Å². The fourth-order valence-electron chi connectivity index (χ4n) is 5.89. The molecular formula is C21H34O5. The molecular weight excluding hydrogens is 332 g/mol.